The Labute approximate surface area is 196 Å². The van der Waals surface area contributed by atoms with Crippen LogP contribution in [0.4, 0.5) is 19.0 Å². The second kappa shape index (κ2) is 8.52. The third kappa shape index (κ3) is 4.31. The first-order valence-corrected chi connectivity index (χ1v) is 10.3. The van der Waals surface area contributed by atoms with Crippen LogP contribution < -0.4 is 10.6 Å². The van der Waals surface area contributed by atoms with Gasteiger partial charge in [0.2, 0.25) is 0 Å². The Bertz CT molecular complexity index is 1340. The summed E-state index contributed by atoms with van der Waals surface area (Å²) < 4.78 is 42.2. The first-order chi connectivity index (χ1) is 15.6. The van der Waals surface area contributed by atoms with Gasteiger partial charge in [-0.15, -0.1) is 0 Å². The summed E-state index contributed by atoms with van der Waals surface area (Å²) in [5.74, 6) is 1.21. The highest BCUT2D eigenvalue weighted by Crippen LogP contribution is 2.39. The first-order valence-electron chi connectivity index (χ1n) is 9.48. The van der Waals surface area contributed by atoms with Crippen molar-refractivity contribution in [1.29, 1.82) is 0 Å². The lowest BCUT2D eigenvalue weighted by molar-refractivity contribution is -0.136. The molecule has 0 aliphatic heterocycles. The van der Waals surface area contributed by atoms with E-state index in [1.165, 1.54) is 23.3 Å². The third-order valence-electron chi connectivity index (χ3n) is 5.10. The SMILES string of the molecule is C[C@@H](c1ncnn1-c1ccc(C(N)=S)cn1)N(C)c1ncnc2c(C(F)(F)F)cc(Cl)cc12. The van der Waals surface area contributed by atoms with Crippen LogP contribution in [0.15, 0.2) is 43.1 Å². The number of benzene rings is 1. The van der Waals surface area contributed by atoms with Gasteiger partial charge in [-0.05, 0) is 31.2 Å². The molecule has 33 heavy (non-hydrogen) atoms. The molecule has 0 bridgehead atoms. The van der Waals surface area contributed by atoms with Crippen molar-refractivity contribution in [1.82, 2.24) is 29.7 Å². The zero-order chi connectivity index (χ0) is 23.9. The molecule has 0 fully saturated rings. The van der Waals surface area contributed by atoms with Crippen molar-refractivity contribution in [3.05, 3.63) is 65.1 Å². The molecule has 1 aromatic carbocycles. The lowest BCUT2D eigenvalue weighted by Crippen LogP contribution is -2.26. The molecular weight excluding hydrogens is 477 g/mol. The fourth-order valence-corrected chi connectivity index (χ4v) is 3.68. The largest absolute Gasteiger partial charge is 0.418 e. The van der Waals surface area contributed by atoms with Gasteiger partial charge in [0.15, 0.2) is 11.6 Å². The fourth-order valence-electron chi connectivity index (χ4n) is 3.34. The number of aromatic nitrogens is 6. The Morgan fingerprint density at radius 1 is 1.15 bits per heavy atom. The molecule has 0 saturated carbocycles. The number of nitrogens with two attached hydrogens (primary N) is 1. The Kier molecular flexibility index (Phi) is 5.89. The van der Waals surface area contributed by atoms with Crippen molar-refractivity contribution in [2.75, 3.05) is 11.9 Å². The number of halogens is 4. The number of fused-ring (bicyclic) bond motifs is 1. The lowest BCUT2D eigenvalue weighted by atomic mass is 10.1. The second-order valence-corrected chi connectivity index (χ2v) is 8.01. The van der Waals surface area contributed by atoms with Gasteiger partial charge < -0.3 is 10.6 Å². The number of hydrogen-bond acceptors (Lipinski definition) is 7. The molecule has 0 spiro atoms. The molecule has 0 aliphatic carbocycles. The van der Waals surface area contributed by atoms with E-state index in [-0.39, 0.29) is 26.7 Å². The maximum Gasteiger partial charge on any atom is 0.418 e. The van der Waals surface area contributed by atoms with Crippen molar-refractivity contribution in [3.63, 3.8) is 0 Å². The number of hydrogen-bond donors (Lipinski definition) is 1. The molecule has 0 saturated heterocycles. The average Bonchev–Trinajstić information content (AvgIpc) is 3.26. The summed E-state index contributed by atoms with van der Waals surface area (Å²) in [5, 5.41) is 4.32. The molecule has 1 atom stereocenters. The predicted octanol–water partition coefficient (Wildman–Crippen LogP) is 4.11. The van der Waals surface area contributed by atoms with Gasteiger partial charge in [0.1, 0.15) is 23.5 Å². The quantitative estimate of drug-likeness (QED) is 0.416. The van der Waals surface area contributed by atoms with Gasteiger partial charge in [0.05, 0.1) is 17.1 Å². The van der Waals surface area contributed by atoms with E-state index in [2.05, 4.69) is 25.0 Å². The van der Waals surface area contributed by atoms with Gasteiger partial charge in [-0.1, -0.05) is 23.8 Å². The molecule has 0 amide bonds. The summed E-state index contributed by atoms with van der Waals surface area (Å²) in [7, 11) is 1.68. The molecule has 4 rings (SSSR count). The van der Waals surface area contributed by atoms with Crippen LogP contribution in [-0.4, -0.2) is 41.8 Å². The van der Waals surface area contributed by atoms with Crippen molar-refractivity contribution in [2.24, 2.45) is 5.73 Å². The summed E-state index contributed by atoms with van der Waals surface area (Å²) >= 11 is 10.9. The van der Waals surface area contributed by atoms with E-state index in [9.17, 15) is 13.2 Å². The van der Waals surface area contributed by atoms with E-state index < -0.39 is 17.8 Å². The fraction of sp³-hybridized carbons (Fsp3) is 0.200. The molecule has 0 unspecified atom stereocenters. The smallest absolute Gasteiger partial charge is 0.389 e. The normalized spacial score (nSPS) is 12.7. The molecule has 3 heterocycles. The van der Waals surface area contributed by atoms with E-state index in [1.54, 1.807) is 24.1 Å². The summed E-state index contributed by atoms with van der Waals surface area (Å²) in [6, 6.07) is 5.20. The predicted molar refractivity (Wildman–Crippen MR) is 121 cm³/mol. The number of anilines is 1. The molecule has 13 heteroatoms. The highest BCUT2D eigenvalue weighted by atomic mass is 35.5. The highest BCUT2D eigenvalue weighted by molar-refractivity contribution is 7.80. The van der Waals surface area contributed by atoms with Gasteiger partial charge in [0, 0.05) is 29.2 Å². The van der Waals surface area contributed by atoms with E-state index in [0.717, 1.165) is 12.4 Å². The minimum absolute atomic E-state index is 0.0720. The van der Waals surface area contributed by atoms with Crippen LogP contribution in [0.1, 0.15) is 29.9 Å². The summed E-state index contributed by atoms with van der Waals surface area (Å²) in [4.78, 5) is 18.6. The maximum atomic E-state index is 13.6. The standard InChI is InChI=1S/C20H16ClF3N8S/c1-10(18-29-9-30-32(18)15-4-3-11(7-26-15)17(25)33)31(2)19-13-5-12(21)6-14(20(22,23)24)16(13)27-8-28-19/h3-10H,1-2H3,(H2,25,33)/t10-/m0/s1. The molecular formula is C20H16ClF3N8S. The summed E-state index contributed by atoms with van der Waals surface area (Å²) in [5.41, 5.74) is 5.04. The van der Waals surface area contributed by atoms with Crippen LogP contribution in [0.5, 0.6) is 0 Å². The Balaban J connectivity index is 1.76. The van der Waals surface area contributed by atoms with Crippen molar-refractivity contribution in [3.8, 4) is 5.82 Å². The highest BCUT2D eigenvalue weighted by Gasteiger charge is 2.35. The molecule has 3 aromatic heterocycles. The van der Waals surface area contributed by atoms with Gasteiger partial charge in [-0.3, -0.25) is 0 Å². The molecule has 0 radical (unpaired) electrons. The number of alkyl halides is 3. The monoisotopic (exact) mass is 492 g/mol. The van der Waals surface area contributed by atoms with Crippen LogP contribution >= 0.6 is 23.8 Å². The minimum atomic E-state index is -4.62. The van der Waals surface area contributed by atoms with Crippen LogP contribution in [0.3, 0.4) is 0 Å². The lowest BCUT2D eigenvalue weighted by Gasteiger charge is -2.26. The van der Waals surface area contributed by atoms with Crippen LogP contribution in [-0.2, 0) is 6.18 Å². The first kappa shape index (κ1) is 22.8. The van der Waals surface area contributed by atoms with E-state index in [1.807, 2.05) is 6.92 Å². The van der Waals surface area contributed by atoms with Crippen LogP contribution in [0.25, 0.3) is 16.7 Å². The molecule has 0 aliphatic rings. The Hall–Kier alpha value is -3.38. The number of rotatable bonds is 5. The van der Waals surface area contributed by atoms with Crippen molar-refractivity contribution in [2.45, 2.75) is 19.1 Å². The maximum absolute atomic E-state index is 13.6. The van der Waals surface area contributed by atoms with Crippen LogP contribution in [0.2, 0.25) is 5.02 Å². The third-order valence-corrected chi connectivity index (χ3v) is 5.55. The van der Waals surface area contributed by atoms with Gasteiger partial charge in [-0.25, -0.2) is 19.9 Å². The number of thiocarbonyl (C=S) groups is 1. The van der Waals surface area contributed by atoms with E-state index >= 15 is 0 Å². The van der Waals surface area contributed by atoms with Gasteiger partial charge >= 0.3 is 6.18 Å². The topological polar surface area (TPSA) is 98.6 Å². The second-order valence-electron chi connectivity index (χ2n) is 7.13. The van der Waals surface area contributed by atoms with Crippen molar-refractivity contribution >= 4 is 45.5 Å². The summed E-state index contributed by atoms with van der Waals surface area (Å²) in [6.45, 7) is 1.81. The Morgan fingerprint density at radius 2 is 1.91 bits per heavy atom. The number of nitrogens with zero attached hydrogens (tertiary/aromatic N) is 7. The number of pyridine rings is 1. The molecule has 8 nitrogen and oxygen atoms in total. The Morgan fingerprint density at radius 3 is 2.55 bits per heavy atom. The van der Waals surface area contributed by atoms with Gasteiger partial charge in [-0.2, -0.15) is 23.0 Å². The van der Waals surface area contributed by atoms with Crippen molar-refractivity contribution < 1.29 is 13.2 Å². The van der Waals surface area contributed by atoms with E-state index in [0.29, 0.717) is 17.2 Å². The molecule has 170 valence electrons. The molecule has 2 N–H and O–H groups in total. The van der Waals surface area contributed by atoms with E-state index in [4.69, 9.17) is 29.6 Å². The summed E-state index contributed by atoms with van der Waals surface area (Å²) in [6.07, 6.45) is -0.650. The minimum Gasteiger partial charge on any atom is -0.389 e. The van der Waals surface area contributed by atoms with Crippen LogP contribution in [0, 0.1) is 0 Å². The zero-order valence-corrected chi connectivity index (χ0v) is 18.8. The zero-order valence-electron chi connectivity index (χ0n) is 17.2. The molecule has 4 aromatic rings. The average molecular weight is 493 g/mol. The van der Waals surface area contributed by atoms with Gasteiger partial charge in [0.25, 0.3) is 0 Å².